The molecule has 0 amide bonds. The fraction of sp³-hybridized carbons (Fsp3) is 0.889. The molecule has 0 saturated heterocycles. The molecule has 0 fully saturated rings. The van der Waals surface area contributed by atoms with Crippen LogP contribution in [0.1, 0.15) is 51.9 Å². The van der Waals surface area contributed by atoms with E-state index in [-0.39, 0.29) is 6.42 Å². The van der Waals surface area contributed by atoms with Crippen molar-refractivity contribution in [1.29, 1.82) is 0 Å². The molecule has 15 heavy (non-hydrogen) atoms. The van der Waals surface area contributed by atoms with Crippen molar-refractivity contribution in [3.63, 3.8) is 0 Å². The molecule has 0 aliphatic heterocycles. The maximum Gasteiger partial charge on any atom is 0.526 e. The van der Waals surface area contributed by atoms with E-state index in [1.54, 1.807) is 0 Å². The smallest absolute Gasteiger partial charge is 0.371 e. The average molecular weight is 238 g/mol. The summed E-state index contributed by atoms with van der Waals surface area (Å²) in [6, 6.07) is 0. The molecule has 0 saturated carbocycles. The van der Waals surface area contributed by atoms with Crippen LogP contribution in [-0.4, -0.2) is 15.8 Å². The standard InChI is InChI=1S/C9H19O5P/c1-2-3-4-5-6-7-8-9(10)14-15(11,12)13/h2-8H2,1H3,(H2,11,12,13). The maximum atomic E-state index is 10.8. The van der Waals surface area contributed by atoms with Gasteiger partial charge in [-0.3, -0.25) is 14.6 Å². The highest BCUT2D eigenvalue weighted by Gasteiger charge is 2.19. The predicted octanol–water partition coefficient (Wildman–Crippen LogP) is 2.37. The van der Waals surface area contributed by atoms with Crippen LogP contribution < -0.4 is 0 Å². The summed E-state index contributed by atoms with van der Waals surface area (Å²) in [6.07, 6.45) is 6.16. The van der Waals surface area contributed by atoms with Crippen molar-refractivity contribution in [3.8, 4) is 0 Å². The Kier molecular flexibility index (Phi) is 7.65. The molecule has 0 radical (unpaired) electrons. The van der Waals surface area contributed by atoms with Crippen molar-refractivity contribution >= 4 is 13.8 Å². The Hall–Kier alpha value is -0.380. The second-order valence-electron chi connectivity index (χ2n) is 3.47. The number of carbonyl (C=O) groups excluding carboxylic acids is 1. The molecule has 6 heteroatoms. The van der Waals surface area contributed by atoms with Crippen LogP contribution in [0, 0.1) is 0 Å². The van der Waals surface area contributed by atoms with E-state index in [1.165, 1.54) is 12.8 Å². The Bertz CT molecular complexity index is 223. The number of rotatable bonds is 8. The average Bonchev–Trinajstić information content (AvgIpc) is 2.08. The fourth-order valence-corrected chi connectivity index (χ4v) is 1.58. The summed E-state index contributed by atoms with van der Waals surface area (Å²) in [4.78, 5) is 27.5. The summed E-state index contributed by atoms with van der Waals surface area (Å²) in [5.74, 6) is -0.821. The normalized spacial score (nSPS) is 11.4. The molecule has 0 rings (SSSR count). The van der Waals surface area contributed by atoms with Gasteiger partial charge < -0.3 is 4.52 Å². The van der Waals surface area contributed by atoms with Crippen LogP contribution in [0.2, 0.25) is 0 Å². The molecule has 2 N–H and O–H groups in total. The molecule has 0 heterocycles. The Morgan fingerprint density at radius 1 is 1.13 bits per heavy atom. The monoisotopic (exact) mass is 238 g/mol. The van der Waals surface area contributed by atoms with Crippen LogP contribution in [0.15, 0.2) is 0 Å². The number of carbonyl (C=O) groups is 1. The Morgan fingerprint density at radius 3 is 2.20 bits per heavy atom. The third-order valence-corrected chi connectivity index (χ3v) is 2.40. The molecule has 0 spiro atoms. The highest BCUT2D eigenvalue weighted by atomic mass is 31.2. The van der Waals surface area contributed by atoms with E-state index < -0.39 is 13.8 Å². The van der Waals surface area contributed by atoms with Crippen molar-refractivity contribution in [3.05, 3.63) is 0 Å². The van der Waals surface area contributed by atoms with Gasteiger partial charge in [0.05, 0.1) is 0 Å². The van der Waals surface area contributed by atoms with E-state index in [1.807, 2.05) is 0 Å². The van der Waals surface area contributed by atoms with Crippen LogP contribution in [-0.2, 0) is 13.9 Å². The summed E-state index contributed by atoms with van der Waals surface area (Å²) >= 11 is 0. The maximum absolute atomic E-state index is 10.8. The molecular formula is C9H19O5P. The van der Waals surface area contributed by atoms with Crippen LogP contribution in [0.4, 0.5) is 0 Å². The van der Waals surface area contributed by atoms with Crippen molar-refractivity contribution in [2.24, 2.45) is 0 Å². The zero-order valence-corrected chi connectivity index (χ0v) is 9.91. The van der Waals surface area contributed by atoms with Gasteiger partial charge in [0.15, 0.2) is 0 Å². The van der Waals surface area contributed by atoms with Gasteiger partial charge in [-0.05, 0) is 6.42 Å². The minimum absolute atomic E-state index is 0.0806. The minimum atomic E-state index is -4.64. The Morgan fingerprint density at radius 2 is 1.67 bits per heavy atom. The fourth-order valence-electron chi connectivity index (χ4n) is 1.23. The lowest BCUT2D eigenvalue weighted by Crippen LogP contribution is -2.01. The van der Waals surface area contributed by atoms with Crippen LogP contribution in [0.3, 0.4) is 0 Å². The molecule has 0 aliphatic carbocycles. The first-order valence-electron chi connectivity index (χ1n) is 5.23. The zero-order chi connectivity index (χ0) is 11.7. The van der Waals surface area contributed by atoms with E-state index >= 15 is 0 Å². The summed E-state index contributed by atoms with van der Waals surface area (Å²) < 4.78 is 14.2. The Balaban J connectivity index is 3.36. The summed E-state index contributed by atoms with van der Waals surface area (Å²) in [5, 5.41) is 0. The van der Waals surface area contributed by atoms with Crippen molar-refractivity contribution < 1.29 is 23.7 Å². The number of unbranched alkanes of at least 4 members (excludes halogenated alkanes) is 5. The number of hydrogen-bond acceptors (Lipinski definition) is 3. The highest BCUT2D eigenvalue weighted by Crippen LogP contribution is 2.36. The van der Waals surface area contributed by atoms with Gasteiger partial charge in [-0.15, -0.1) is 0 Å². The van der Waals surface area contributed by atoms with Gasteiger partial charge in [0.2, 0.25) is 0 Å². The molecule has 0 unspecified atom stereocenters. The molecule has 0 aromatic heterocycles. The quantitative estimate of drug-likeness (QED) is 0.501. The number of phosphoric acid groups is 1. The molecule has 0 bridgehead atoms. The molecule has 0 atom stereocenters. The van der Waals surface area contributed by atoms with Gasteiger partial charge in [0.25, 0.3) is 0 Å². The topological polar surface area (TPSA) is 83.8 Å². The van der Waals surface area contributed by atoms with Crippen LogP contribution in [0.25, 0.3) is 0 Å². The number of phosphoric ester groups is 1. The van der Waals surface area contributed by atoms with Gasteiger partial charge in [-0.1, -0.05) is 39.0 Å². The van der Waals surface area contributed by atoms with E-state index in [2.05, 4.69) is 11.4 Å². The molecule has 0 aromatic rings. The summed E-state index contributed by atoms with van der Waals surface area (Å²) in [6.45, 7) is 2.12. The lowest BCUT2D eigenvalue weighted by Gasteiger charge is -2.04. The lowest BCUT2D eigenvalue weighted by atomic mass is 10.1. The first-order valence-corrected chi connectivity index (χ1v) is 6.76. The second-order valence-corrected chi connectivity index (χ2v) is 4.64. The SMILES string of the molecule is CCCCCCCCC(=O)OP(=O)(O)O. The van der Waals surface area contributed by atoms with Crippen molar-refractivity contribution in [2.45, 2.75) is 51.9 Å². The van der Waals surface area contributed by atoms with E-state index in [9.17, 15) is 9.36 Å². The summed E-state index contributed by atoms with van der Waals surface area (Å²) in [5.41, 5.74) is 0. The van der Waals surface area contributed by atoms with Crippen molar-refractivity contribution in [2.75, 3.05) is 0 Å². The van der Waals surface area contributed by atoms with E-state index in [0.29, 0.717) is 6.42 Å². The molecule has 0 aliphatic rings. The van der Waals surface area contributed by atoms with Crippen LogP contribution in [0.5, 0.6) is 0 Å². The first kappa shape index (κ1) is 14.6. The highest BCUT2D eigenvalue weighted by molar-refractivity contribution is 7.46. The largest absolute Gasteiger partial charge is 0.526 e. The number of hydrogen-bond donors (Lipinski definition) is 2. The molecular weight excluding hydrogens is 219 g/mol. The van der Waals surface area contributed by atoms with Gasteiger partial charge in [-0.25, -0.2) is 4.57 Å². The zero-order valence-electron chi connectivity index (χ0n) is 9.02. The Labute approximate surface area is 90.1 Å². The minimum Gasteiger partial charge on any atom is -0.371 e. The van der Waals surface area contributed by atoms with E-state index in [4.69, 9.17) is 9.79 Å². The van der Waals surface area contributed by atoms with Crippen molar-refractivity contribution in [1.82, 2.24) is 0 Å². The molecule has 90 valence electrons. The van der Waals surface area contributed by atoms with Gasteiger partial charge in [0, 0.05) is 6.42 Å². The molecule has 0 aromatic carbocycles. The van der Waals surface area contributed by atoms with Crippen LogP contribution >= 0.6 is 7.82 Å². The molecule has 5 nitrogen and oxygen atoms in total. The lowest BCUT2D eigenvalue weighted by molar-refractivity contribution is -0.135. The van der Waals surface area contributed by atoms with E-state index in [0.717, 1.165) is 19.3 Å². The third-order valence-electron chi connectivity index (χ3n) is 1.96. The summed E-state index contributed by atoms with van der Waals surface area (Å²) in [7, 11) is -4.64. The second kappa shape index (κ2) is 7.85. The third kappa shape index (κ3) is 11.5. The predicted molar refractivity (Wildman–Crippen MR) is 56.1 cm³/mol. The van der Waals surface area contributed by atoms with Gasteiger partial charge in [0.1, 0.15) is 0 Å². The van der Waals surface area contributed by atoms with Gasteiger partial charge in [-0.2, -0.15) is 0 Å². The first-order chi connectivity index (χ1) is 6.95. The van der Waals surface area contributed by atoms with Gasteiger partial charge >= 0.3 is 13.8 Å².